The van der Waals surface area contributed by atoms with Crippen LogP contribution in [0.5, 0.6) is 17.2 Å². The lowest BCUT2D eigenvalue weighted by Crippen LogP contribution is -2.31. The largest absolute Gasteiger partial charge is 0.478 e. The SMILES string of the molecule is Cc1cc(=O)oc2c3c(ccc12)OCN(Cc1ccc2c(c1)OCO2)C3. The summed E-state index contributed by atoms with van der Waals surface area (Å²) in [5.74, 6) is 2.32. The monoisotopic (exact) mass is 351 g/mol. The molecule has 0 bridgehead atoms. The van der Waals surface area contributed by atoms with E-state index in [-0.39, 0.29) is 12.4 Å². The number of rotatable bonds is 2. The van der Waals surface area contributed by atoms with E-state index in [0.717, 1.165) is 39.3 Å². The highest BCUT2D eigenvalue weighted by Crippen LogP contribution is 2.35. The summed E-state index contributed by atoms with van der Waals surface area (Å²) < 4.78 is 22.2. The Morgan fingerprint density at radius 1 is 1.00 bits per heavy atom. The molecule has 0 spiro atoms. The summed E-state index contributed by atoms with van der Waals surface area (Å²) in [6.45, 7) is 4.00. The molecule has 0 saturated carbocycles. The quantitative estimate of drug-likeness (QED) is 0.661. The molecule has 2 aliphatic rings. The number of benzene rings is 2. The maximum Gasteiger partial charge on any atom is 0.336 e. The number of hydrogen-bond donors (Lipinski definition) is 0. The predicted molar refractivity (Wildman–Crippen MR) is 94.5 cm³/mol. The summed E-state index contributed by atoms with van der Waals surface area (Å²) in [6, 6.07) is 11.3. The zero-order valence-corrected chi connectivity index (χ0v) is 14.3. The minimum Gasteiger partial charge on any atom is -0.478 e. The van der Waals surface area contributed by atoms with Gasteiger partial charge in [0.1, 0.15) is 18.1 Å². The van der Waals surface area contributed by atoms with Crippen molar-refractivity contribution in [1.82, 2.24) is 4.90 Å². The number of ether oxygens (including phenoxy) is 3. The number of fused-ring (bicyclic) bond motifs is 4. The highest BCUT2D eigenvalue weighted by Gasteiger charge is 2.23. The minimum absolute atomic E-state index is 0.267. The third kappa shape index (κ3) is 2.50. The molecule has 0 unspecified atom stereocenters. The molecular formula is C20H17NO5. The highest BCUT2D eigenvalue weighted by atomic mass is 16.7. The average molecular weight is 351 g/mol. The molecule has 2 aliphatic heterocycles. The molecule has 6 nitrogen and oxygen atoms in total. The van der Waals surface area contributed by atoms with Crippen LogP contribution >= 0.6 is 0 Å². The van der Waals surface area contributed by atoms with Crippen LogP contribution in [0.3, 0.4) is 0 Å². The lowest BCUT2D eigenvalue weighted by atomic mass is 10.0. The zero-order valence-electron chi connectivity index (χ0n) is 14.3. The van der Waals surface area contributed by atoms with Gasteiger partial charge < -0.3 is 18.6 Å². The first-order valence-corrected chi connectivity index (χ1v) is 8.47. The van der Waals surface area contributed by atoms with Crippen LogP contribution in [0.15, 0.2) is 45.6 Å². The third-order valence-electron chi connectivity index (χ3n) is 4.81. The van der Waals surface area contributed by atoms with Crippen molar-refractivity contribution in [3.63, 3.8) is 0 Å². The van der Waals surface area contributed by atoms with E-state index < -0.39 is 0 Å². The van der Waals surface area contributed by atoms with Crippen molar-refractivity contribution in [2.75, 3.05) is 13.5 Å². The standard InChI is InChI=1S/C20H17NO5/c1-12-6-19(22)26-20-14(12)3-5-16-15(20)9-21(10-23-16)8-13-2-4-17-18(7-13)25-11-24-17/h2-7H,8-11H2,1H3. The first-order chi connectivity index (χ1) is 12.7. The molecule has 5 rings (SSSR count). The Hall–Kier alpha value is -2.99. The van der Waals surface area contributed by atoms with E-state index in [0.29, 0.717) is 25.4 Å². The second-order valence-corrected chi connectivity index (χ2v) is 6.62. The molecule has 3 aromatic rings. The maximum absolute atomic E-state index is 11.8. The van der Waals surface area contributed by atoms with Gasteiger partial charge in [0.25, 0.3) is 0 Å². The summed E-state index contributed by atoms with van der Waals surface area (Å²) in [5, 5.41) is 0.942. The number of nitrogens with zero attached hydrogens (tertiary/aromatic N) is 1. The van der Waals surface area contributed by atoms with Crippen molar-refractivity contribution in [3.05, 3.63) is 63.5 Å². The van der Waals surface area contributed by atoms with Crippen molar-refractivity contribution in [1.29, 1.82) is 0 Å². The fourth-order valence-electron chi connectivity index (χ4n) is 3.54. The van der Waals surface area contributed by atoms with E-state index in [9.17, 15) is 4.79 Å². The van der Waals surface area contributed by atoms with Gasteiger partial charge in [-0.15, -0.1) is 0 Å². The molecular weight excluding hydrogens is 334 g/mol. The van der Waals surface area contributed by atoms with Crippen LogP contribution in [0.4, 0.5) is 0 Å². The van der Waals surface area contributed by atoms with Gasteiger partial charge in [-0.3, -0.25) is 4.90 Å². The van der Waals surface area contributed by atoms with Gasteiger partial charge in [-0.1, -0.05) is 6.07 Å². The molecule has 0 amide bonds. The maximum atomic E-state index is 11.8. The summed E-state index contributed by atoms with van der Waals surface area (Å²) in [7, 11) is 0. The van der Waals surface area contributed by atoms with E-state index in [1.165, 1.54) is 6.07 Å². The van der Waals surface area contributed by atoms with Gasteiger partial charge in [-0.05, 0) is 42.3 Å². The van der Waals surface area contributed by atoms with E-state index in [1.54, 1.807) is 0 Å². The summed E-state index contributed by atoms with van der Waals surface area (Å²) >= 11 is 0. The predicted octanol–water partition coefficient (Wildman–Crippen LogP) is 3.18. The second-order valence-electron chi connectivity index (χ2n) is 6.62. The van der Waals surface area contributed by atoms with E-state index in [2.05, 4.69) is 4.90 Å². The Balaban J connectivity index is 1.47. The molecule has 0 saturated heterocycles. The Morgan fingerprint density at radius 2 is 1.85 bits per heavy atom. The molecule has 0 aliphatic carbocycles. The Morgan fingerprint density at radius 3 is 2.77 bits per heavy atom. The van der Waals surface area contributed by atoms with Crippen molar-refractivity contribution in [2.24, 2.45) is 0 Å². The average Bonchev–Trinajstić information content (AvgIpc) is 3.09. The van der Waals surface area contributed by atoms with Gasteiger partial charge in [0.15, 0.2) is 11.5 Å². The van der Waals surface area contributed by atoms with Crippen molar-refractivity contribution < 1.29 is 18.6 Å². The molecule has 0 atom stereocenters. The molecule has 2 aromatic carbocycles. The zero-order chi connectivity index (χ0) is 17.7. The minimum atomic E-state index is -0.337. The molecule has 26 heavy (non-hydrogen) atoms. The molecule has 6 heteroatoms. The molecule has 0 N–H and O–H groups in total. The van der Waals surface area contributed by atoms with E-state index >= 15 is 0 Å². The first kappa shape index (κ1) is 15.3. The van der Waals surface area contributed by atoms with E-state index in [4.69, 9.17) is 18.6 Å². The topological polar surface area (TPSA) is 61.1 Å². The van der Waals surface area contributed by atoms with Crippen LogP contribution < -0.4 is 19.8 Å². The van der Waals surface area contributed by atoms with Crippen LogP contribution in [-0.2, 0) is 13.1 Å². The lowest BCUT2D eigenvalue weighted by Gasteiger charge is -2.29. The fourth-order valence-corrected chi connectivity index (χ4v) is 3.54. The molecule has 132 valence electrons. The van der Waals surface area contributed by atoms with Crippen LogP contribution in [-0.4, -0.2) is 18.4 Å². The molecule has 0 radical (unpaired) electrons. The van der Waals surface area contributed by atoms with Gasteiger partial charge in [0, 0.05) is 24.5 Å². The van der Waals surface area contributed by atoms with Gasteiger partial charge in [-0.2, -0.15) is 0 Å². The van der Waals surface area contributed by atoms with Crippen molar-refractivity contribution in [2.45, 2.75) is 20.0 Å². The number of hydrogen-bond acceptors (Lipinski definition) is 6. The lowest BCUT2D eigenvalue weighted by molar-refractivity contribution is 0.0889. The van der Waals surface area contributed by atoms with Gasteiger partial charge in [0.2, 0.25) is 6.79 Å². The summed E-state index contributed by atoms with van der Waals surface area (Å²) in [5.41, 5.74) is 3.21. The van der Waals surface area contributed by atoms with Crippen LogP contribution in [0.2, 0.25) is 0 Å². The van der Waals surface area contributed by atoms with Crippen molar-refractivity contribution in [3.8, 4) is 17.2 Å². The Kier molecular flexibility index (Phi) is 3.39. The van der Waals surface area contributed by atoms with Crippen LogP contribution in [0.1, 0.15) is 16.7 Å². The first-order valence-electron chi connectivity index (χ1n) is 8.47. The number of aryl methyl sites for hydroxylation is 1. The molecule has 1 aromatic heterocycles. The summed E-state index contributed by atoms with van der Waals surface area (Å²) in [4.78, 5) is 14.0. The second kappa shape index (κ2) is 5.78. The normalized spacial score (nSPS) is 15.7. The van der Waals surface area contributed by atoms with E-state index in [1.807, 2.05) is 37.3 Å². The van der Waals surface area contributed by atoms with Gasteiger partial charge in [-0.25, -0.2) is 4.79 Å². The fraction of sp³-hybridized carbons (Fsp3) is 0.250. The Labute approximate surface area is 149 Å². The summed E-state index contributed by atoms with van der Waals surface area (Å²) in [6.07, 6.45) is 0. The van der Waals surface area contributed by atoms with Gasteiger partial charge >= 0.3 is 5.63 Å². The molecule has 0 fully saturated rings. The molecule has 3 heterocycles. The van der Waals surface area contributed by atoms with Gasteiger partial charge in [0.05, 0.1) is 5.56 Å². The highest BCUT2D eigenvalue weighted by molar-refractivity contribution is 5.85. The van der Waals surface area contributed by atoms with Crippen LogP contribution in [0, 0.1) is 6.92 Å². The smallest absolute Gasteiger partial charge is 0.336 e. The van der Waals surface area contributed by atoms with Crippen molar-refractivity contribution >= 4 is 11.0 Å². The Bertz CT molecular complexity index is 1070. The van der Waals surface area contributed by atoms with Crippen LogP contribution in [0.25, 0.3) is 11.0 Å². The third-order valence-corrected chi connectivity index (χ3v) is 4.81.